The molecule has 0 radical (unpaired) electrons. The molecule has 0 bridgehead atoms. The molecule has 1 aliphatic carbocycles. The largest absolute Gasteiger partial charge is 0.415 e. The monoisotopic (exact) mass is 582 g/mol. The van der Waals surface area contributed by atoms with Crippen LogP contribution in [0.2, 0.25) is 0 Å². The SMILES string of the molecule is CC(C)(C)[C@H]1CCc2nc3oc(C(=O)C[C@H](CCN4CCC(O)CC4)c4ccc(-c5ccc(=O)[nH]c5)cc4)nc3cc2C1. The van der Waals surface area contributed by atoms with E-state index in [1.54, 1.807) is 6.20 Å². The fourth-order valence-electron chi connectivity index (χ4n) is 6.59. The van der Waals surface area contributed by atoms with Gasteiger partial charge in [-0.2, -0.15) is 0 Å². The van der Waals surface area contributed by atoms with Crippen LogP contribution in [-0.2, 0) is 12.8 Å². The zero-order chi connectivity index (χ0) is 30.1. The summed E-state index contributed by atoms with van der Waals surface area (Å²) in [4.78, 5) is 39.7. The number of carbonyl (C=O) groups excluding carboxylic acids is 1. The van der Waals surface area contributed by atoms with E-state index in [1.807, 2.05) is 18.2 Å². The number of oxazole rings is 1. The number of hydrogen-bond acceptors (Lipinski definition) is 7. The normalized spacial score (nSPS) is 18.9. The van der Waals surface area contributed by atoms with E-state index in [0.29, 0.717) is 17.1 Å². The third-order valence-corrected chi connectivity index (χ3v) is 9.49. The minimum atomic E-state index is -0.216. The Labute approximate surface area is 252 Å². The van der Waals surface area contributed by atoms with Crippen molar-refractivity contribution in [3.05, 3.63) is 81.7 Å². The number of benzene rings is 1. The van der Waals surface area contributed by atoms with Crippen molar-refractivity contribution < 1.29 is 14.3 Å². The molecule has 8 heteroatoms. The summed E-state index contributed by atoms with van der Waals surface area (Å²) < 4.78 is 5.98. The number of Topliss-reactive ketones (excluding diaryl/α,β-unsaturated/α-hetero) is 1. The van der Waals surface area contributed by atoms with Crippen LogP contribution >= 0.6 is 0 Å². The van der Waals surface area contributed by atoms with Crippen LogP contribution in [0.15, 0.2) is 57.9 Å². The first-order chi connectivity index (χ1) is 20.6. The molecule has 0 unspecified atom stereocenters. The van der Waals surface area contributed by atoms with Crippen LogP contribution in [0.4, 0.5) is 0 Å². The second kappa shape index (κ2) is 12.2. The Morgan fingerprint density at radius 1 is 1.07 bits per heavy atom. The smallest absolute Gasteiger partial charge is 0.265 e. The second-order valence-corrected chi connectivity index (χ2v) is 13.5. The molecule has 4 aromatic rings. The van der Waals surface area contributed by atoms with E-state index < -0.39 is 0 Å². The van der Waals surface area contributed by atoms with Gasteiger partial charge in [0.05, 0.1) is 6.10 Å². The van der Waals surface area contributed by atoms with Crippen LogP contribution in [0.5, 0.6) is 0 Å². The molecule has 0 spiro atoms. The zero-order valence-electron chi connectivity index (χ0n) is 25.4. The number of fused-ring (bicyclic) bond motifs is 2. The highest BCUT2D eigenvalue weighted by Gasteiger charge is 2.30. The number of aromatic amines is 1. The molecule has 2 atom stereocenters. The first-order valence-corrected chi connectivity index (χ1v) is 15.6. The van der Waals surface area contributed by atoms with Gasteiger partial charge < -0.3 is 19.4 Å². The van der Waals surface area contributed by atoms with E-state index in [4.69, 9.17) is 9.40 Å². The molecule has 1 aromatic carbocycles. The van der Waals surface area contributed by atoms with E-state index in [0.717, 1.165) is 80.5 Å². The molecule has 4 heterocycles. The quantitative estimate of drug-likeness (QED) is 0.248. The third kappa shape index (κ3) is 6.81. The van der Waals surface area contributed by atoms with Crippen LogP contribution in [0.3, 0.4) is 0 Å². The number of likely N-dealkylation sites (tertiary alicyclic amines) is 1. The summed E-state index contributed by atoms with van der Waals surface area (Å²) >= 11 is 0. The zero-order valence-corrected chi connectivity index (χ0v) is 25.4. The average molecular weight is 583 g/mol. The van der Waals surface area contributed by atoms with Crippen molar-refractivity contribution in [2.45, 2.75) is 77.7 Å². The molecule has 2 N–H and O–H groups in total. The van der Waals surface area contributed by atoms with Crippen molar-refractivity contribution in [2.24, 2.45) is 11.3 Å². The highest BCUT2D eigenvalue weighted by atomic mass is 16.4. The molecule has 6 rings (SSSR count). The van der Waals surface area contributed by atoms with Gasteiger partial charge >= 0.3 is 0 Å². The number of nitrogens with one attached hydrogen (secondary N) is 1. The number of rotatable bonds is 8. The Hall–Kier alpha value is -3.62. The first-order valence-electron chi connectivity index (χ1n) is 15.6. The van der Waals surface area contributed by atoms with Crippen LogP contribution in [0.1, 0.15) is 86.3 Å². The molecule has 1 saturated heterocycles. The Morgan fingerprint density at radius 2 is 1.81 bits per heavy atom. The number of H-pyrrole nitrogens is 1. The predicted octanol–water partition coefficient (Wildman–Crippen LogP) is 5.93. The lowest BCUT2D eigenvalue weighted by atomic mass is 9.71. The summed E-state index contributed by atoms with van der Waals surface area (Å²) in [5.74, 6) is 0.583. The number of ketones is 1. The molecular weight excluding hydrogens is 540 g/mol. The fourth-order valence-corrected chi connectivity index (χ4v) is 6.59. The van der Waals surface area contributed by atoms with Gasteiger partial charge in [-0.25, -0.2) is 9.97 Å². The summed E-state index contributed by atoms with van der Waals surface area (Å²) in [6.45, 7) is 9.47. The Balaban J connectivity index is 1.21. The molecule has 1 aliphatic heterocycles. The number of aryl methyl sites for hydroxylation is 1. The van der Waals surface area contributed by atoms with Crippen LogP contribution in [0, 0.1) is 11.3 Å². The van der Waals surface area contributed by atoms with Crippen molar-refractivity contribution in [2.75, 3.05) is 19.6 Å². The maximum Gasteiger partial charge on any atom is 0.265 e. The van der Waals surface area contributed by atoms with Gasteiger partial charge in [0, 0.05) is 37.5 Å². The predicted molar refractivity (Wildman–Crippen MR) is 167 cm³/mol. The highest BCUT2D eigenvalue weighted by Crippen LogP contribution is 2.38. The summed E-state index contributed by atoms with van der Waals surface area (Å²) in [5, 5.41) is 9.93. The number of aliphatic hydroxyl groups is 1. The molecule has 8 nitrogen and oxygen atoms in total. The second-order valence-electron chi connectivity index (χ2n) is 13.5. The van der Waals surface area contributed by atoms with Crippen molar-refractivity contribution in [3.8, 4) is 11.1 Å². The minimum Gasteiger partial charge on any atom is -0.415 e. The van der Waals surface area contributed by atoms with Crippen molar-refractivity contribution in [1.82, 2.24) is 19.9 Å². The van der Waals surface area contributed by atoms with Gasteiger partial charge in [0.15, 0.2) is 0 Å². The average Bonchev–Trinajstić information content (AvgIpc) is 3.41. The van der Waals surface area contributed by atoms with E-state index >= 15 is 0 Å². The lowest BCUT2D eigenvalue weighted by molar-refractivity contribution is 0.0803. The molecule has 0 saturated carbocycles. The van der Waals surface area contributed by atoms with Crippen LogP contribution in [-0.4, -0.2) is 56.5 Å². The van der Waals surface area contributed by atoms with Gasteiger partial charge in [0.1, 0.15) is 5.52 Å². The number of hydrogen-bond donors (Lipinski definition) is 2. The molecule has 2 aliphatic rings. The van der Waals surface area contributed by atoms with Crippen molar-refractivity contribution in [1.29, 1.82) is 0 Å². The molecule has 3 aromatic heterocycles. The maximum atomic E-state index is 13.7. The van der Waals surface area contributed by atoms with E-state index in [1.165, 1.54) is 11.6 Å². The maximum absolute atomic E-state index is 13.7. The van der Waals surface area contributed by atoms with Crippen LogP contribution in [0.25, 0.3) is 22.4 Å². The highest BCUT2D eigenvalue weighted by molar-refractivity contribution is 5.94. The molecule has 0 amide bonds. The lowest BCUT2D eigenvalue weighted by Crippen LogP contribution is -2.36. The number of carbonyl (C=O) groups is 1. The summed E-state index contributed by atoms with van der Waals surface area (Å²) in [6, 6.07) is 13.6. The summed E-state index contributed by atoms with van der Waals surface area (Å²) in [7, 11) is 0. The number of piperidine rings is 1. The Bertz CT molecular complexity index is 1620. The van der Waals surface area contributed by atoms with Gasteiger partial charge in [0.2, 0.25) is 17.1 Å². The molecule has 1 fully saturated rings. The number of nitrogens with zero attached hydrogens (tertiary/aromatic N) is 3. The summed E-state index contributed by atoms with van der Waals surface area (Å²) in [6.07, 6.45) is 7.16. The fraction of sp³-hybridized carbons (Fsp3) is 0.486. The van der Waals surface area contributed by atoms with E-state index in [-0.39, 0.29) is 41.1 Å². The number of pyridine rings is 2. The van der Waals surface area contributed by atoms with Gasteiger partial charge in [-0.15, -0.1) is 0 Å². The molecule has 43 heavy (non-hydrogen) atoms. The lowest BCUT2D eigenvalue weighted by Gasteiger charge is -2.34. The standard InChI is InChI=1S/C35H42N4O4/c1-35(2,3)27-9-10-29-26(18-27)19-30-33(37-29)43-34(38-30)31(41)20-24(12-15-39-16-13-28(40)14-17-39)22-4-6-23(7-5-22)25-8-11-32(42)36-21-25/h4-8,11,19,21,24,27-28,40H,9-10,12-18,20H2,1-3H3,(H,36,42)/t24-,27-/m0/s1. The Morgan fingerprint density at radius 3 is 2.51 bits per heavy atom. The number of aromatic nitrogens is 3. The Kier molecular flexibility index (Phi) is 8.34. The van der Waals surface area contributed by atoms with E-state index in [2.05, 4.69) is 53.8 Å². The minimum absolute atomic E-state index is 0.0206. The van der Waals surface area contributed by atoms with E-state index in [9.17, 15) is 14.7 Å². The van der Waals surface area contributed by atoms with Gasteiger partial charge in [-0.1, -0.05) is 45.0 Å². The molecule has 226 valence electrons. The number of aliphatic hydroxyl groups excluding tert-OH is 1. The van der Waals surface area contributed by atoms with Crippen molar-refractivity contribution in [3.63, 3.8) is 0 Å². The summed E-state index contributed by atoms with van der Waals surface area (Å²) in [5.41, 5.74) is 6.51. The third-order valence-electron chi connectivity index (χ3n) is 9.49. The van der Waals surface area contributed by atoms with Crippen LogP contribution < -0.4 is 5.56 Å². The van der Waals surface area contributed by atoms with Gasteiger partial charge in [0.25, 0.3) is 5.89 Å². The topological polar surface area (TPSA) is 112 Å². The molecular formula is C35H42N4O4. The van der Waals surface area contributed by atoms with Gasteiger partial charge in [-0.05, 0) is 96.7 Å². The van der Waals surface area contributed by atoms with Gasteiger partial charge in [-0.3, -0.25) is 9.59 Å². The first kappa shape index (κ1) is 29.5. The van der Waals surface area contributed by atoms with Crippen molar-refractivity contribution >= 4 is 17.0 Å².